The fourth-order valence-corrected chi connectivity index (χ4v) is 2.73. The fraction of sp³-hybridized carbons (Fsp3) is 0.304. The van der Waals surface area contributed by atoms with Crippen LogP contribution in [0.2, 0.25) is 0 Å². The third kappa shape index (κ3) is 6.99. The van der Waals surface area contributed by atoms with E-state index < -0.39 is 24.3 Å². The second-order valence-electron chi connectivity index (χ2n) is 7.09. The van der Waals surface area contributed by atoms with Gasteiger partial charge in [-0.05, 0) is 42.5 Å². The van der Waals surface area contributed by atoms with Gasteiger partial charge >= 0.3 is 5.97 Å². The third-order valence-corrected chi connectivity index (χ3v) is 4.15. The molecule has 4 nitrogen and oxygen atoms in total. The van der Waals surface area contributed by atoms with Crippen LogP contribution < -0.4 is 5.32 Å². The predicted molar refractivity (Wildman–Crippen MR) is 108 cm³/mol. The summed E-state index contributed by atoms with van der Waals surface area (Å²) in [5, 5.41) is 2.79. The number of nitrogens with one attached hydrogen (secondary N) is 1. The lowest BCUT2D eigenvalue weighted by Gasteiger charge is -2.15. The molecule has 0 aromatic heterocycles. The summed E-state index contributed by atoms with van der Waals surface area (Å²) in [7, 11) is 0. The summed E-state index contributed by atoms with van der Waals surface area (Å²) in [6, 6.07) is 14.0. The lowest BCUT2D eigenvalue weighted by Crippen LogP contribution is -2.30. The maximum absolute atomic E-state index is 13.5. The first-order chi connectivity index (χ1) is 13.3. The van der Waals surface area contributed by atoms with Crippen molar-refractivity contribution in [2.75, 3.05) is 6.61 Å². The van der Waals surface area contributed by atoms with Crippen LogP contribution in [0, 0.1) is 11.7 Å². The van der Waals surface area contributed by atoms with E-state index in [1.54, 1.807) is 18.2 Å². The minimum Gasteiger partial charge on any atom is -0.452 e. The van der Waals surface area contributed by atoms with E-state index in [1.165, 1.54) is 17.7 Å². The van der Waals surface area contributed by atoms with Crippen molar-refractivity contribution in [3.05, 3.63) is 77.1 Å². The van der Waals surface area contributed by atoms with Gasteiger partial charge < -0.3 is 10.1 Å². The van der Waals surface area contributed by atoms with Crippen molar-refractivity contribution in [1.82, 2.24) is 5.32 Å². The lowest BCUT2D eigenvalue weighted by molar-refractivity contribution is -0.144. The zero-order valence-corrected chi connectivity index (χ0v) is 16.4. The molecular weight excluding hydrogens is 357 g/mol. The minimum atomic E-state index is -0.705. The Balaban J connectivity index is 1.79. The molecule has 148 valence electrons. The molecule has 0 aliphatic rings. The average molecular weight is 383 g/mol. The van der Waals surface area contributed by atoms with Crippen molar-refractivity contribution in [1.29, 1.82) is 0 Å². The molecule has 0 aliphatic heterocycles. The summed E-state index contributed by atoms with van der Waals surface area (Å²) < 4.78 is 18.4. The van der Waals surface area contributed by atoms with E-state index in [2.05, 4.69) is 31.3 Å². The highest BCUT2D eigenvalue weighted by Gasteiger charge is 2.11. The Kier molecular flexibility index (Phi) is 7.93. The Morgan fingerprint density at radius 3 is 2.39 bits per heavy atom. The zero-order chi connectivity index (χ0) is 20.5. The van der Waals surface area contributed by atoms with E-state index in [1.807, 2.05) is 19.1 Å². The van der Waals surface area contributed by atoms with Crippen LogP contribution in [-0.4, -0.2) is 18.5 Å². The highest BCUT2D eigenvalue weighted by molar-refractivity contribution is 5.89. The lowest BCUT2D eigenvalue weighted by atomic mass is 10.00. The van der Waals surface area contributed by atoms with Crippen molar-refractivity contribution in [2.45, 2.75) is 33.2 Å². The van der Waals surface area contributed by atoms with E-state index in [4.69, 9.17) is 4.74 Å². The first-order valence-electron chi connectivity index (χ1n) is 9.32. The number of esters is 1. The van der Waals surface area contributed by atoms with Gasteiger partial charge in [-0.2, -0.15) is 0 Å². The molecule has 0 unspecified atom stereocenters. The first-order valence-corrected chi connectivity index (χ1v) is 9.32. The number of rotatable bonds is 8. The first kappa shape index (κ1) is 21.4. The molecule has 0 bridgehead atoms. The van der Waals surface area contributed by atoms with Crippen molar-refractivity contribution < 1.29 is 18.7 Å². The average Bonchev–Trinajstić information content (AvgIpc) is 2.65. The maximum atomic E-state index is 13.5. The molecule has 2 aromatic rings. The number of halogens is 1. The molecular formula is C23H26FNO3. The number of hydrogen-bond donors (Lipinski definition) is 1. The third-order valence-electron chi connectivity index (χ3n) is 4.15. The van der Waals surface area contributed by atoms with E-state index >= 15 is 0 Å². The molecule has 0 saturated heterocycles. The molecule has 5 heteroatoms. The summed E-state index contributed by atoms with van der Waals surface area (Å²) in [5.74, 6) is -0.946. The SMILES string of the molecule is CC(C)Cc1ccc([C@H](C)NC(=O)COC(=O)/C=C/c2ccccc2F)cc1. The summed E-state index contributed by atoms with van der Waals surface area (Å²) in [6.07, 6.45) is 3.43. The van der Waals surface area contributed by atoms with Crippen molar-refractivity contribution in [3.8, 4) is 0 Å². The number of amides is 1. The van der Waals surface area contributed by atoms with Crippen LogP contribution in [0.3, 0.4) is 0 Å². The second kappa shape index (κ2) is 10.4. The largest absolute Gasteiger partial charge is 0.452 e. The molecule has 0 fully saturated rings. The van der Waals surface area contributed by atoms with Crippen molar-refractivity contribution in [2.24, 2.45) is 5.92 Å². The van der Waals surface area contributed by atoms with E-state index in [0.29, 0.717) is 5.92 Å². The fourth-order valence-electron chi connectivity index (χ4n) is 2.73. The molecule has 28 heavy (non-hydrogen) atoms. The molecule has 1 amide bonds. The Morgan fingerprint density at radius 1 is 1.07 bits per heavy atom. The Morgan fingerprint density at radius 2 is 1.75 bits per heavy atom. The number of hydrogen-bond acceptors (Lipinski definition) is 3. The van der Waals surface area contributed by atoms with E-state index in [0.717, 1.165) is 18.1 Å². The Labute approximate surface area is 165 Å². The molecule has 1 N–H and O–H groups in total. The van der Waals surface area contributed by atoms with Crippen molar-refractivity contribution >= 4 is 18.0 Å². The number of benzene rings is 2. The summed E-state index contributed by atoms with van der Waals surface area (Å²) in [6.45, 7) is 5.82. The highest BCUT2D eigenvalue weighted by atomic mass is 19.1. The van der Waals surface area contributed by atoms with Crippen LogP contribution in [0.25, 0.3) is 6.08 Å². The van der Waals surface area contributed by atoms with Gasteiger partial charge in [-0.3, -0.25) is 4.79 Å². The molecule has 1 atom stereocenters. The molecule has 0 aliphatic carbocycles. The standard InChI is InChI=1S/C23H26FNO3/c1-16(2)14-18-8-10-19(11-9-18)17(3)25-22(26)15-28-23(27)13-12-20-6-4-5-7-21(20)24/h4-13,16-17H,14-15H2,1-3H3,(H,25,26)/b13-12+/t17-/m0/s1. The highest BCUT2D eigenvalue weighted by Crippen LogP contribution is 2.15. The molecule has 2 aromatic carbocycles. The zero-order valence-electron chi connectivity index (χ0n) is 16.4. The molecule has 0 heterocycles. The molecule has 0 radical (unpaired) electrons. The van der Waals surface area contributed by atoms with Gasteiger partial charge in [-0.1, -0.05) is 56.3 Å². The Hall–Kier alpha value is -2.95. The smallest absolute Gasteiger partial charge is 0.331 e. The quantitative estimate of drug-likeness (QED) is 0.541. The summed E-state index contributed by atoms with van der Waals surface area (Å²) in [5.41, 5.74) is 2.51. The van der Waals surface area contributed by atoms with Crippen LogP contribution in [0.1, 0.15) is 43.5 Å². The van der Waals surface area contributed by atoms with E-state index in [-0.39, 0.29) is 11.6 Å². The monoisotopic (exact) mass is 383 g/mol. The van der Waals surface area contributed by atoms with Gasteiger partial charge in [-0.15, -0.1) is 0 Å². The van der Waals surface area contributed by atoms with Gasteiger partial charge in [0.2, 0.25) is 0 Å². The van der Waals surface area contributed by atoms with Gasteiger partial charge in [-0.25, -0.2) is 9.18 Å². The van der Waals surface area contributed by atoms with Gasteiger partial charge in [0, 0.05) is 11.6 Å². The van der Waals surface area contributed by atoms with E-state index in [9.17, 15) is 14.0 Å². The van der Waals surface area contributed by atoms with Crippen LogP contribution in [-0.2, 0) is 20.7 Å². The Bertz CT molecular complexity index is 828. The maximum Gasteiger partial charge on any atom is 0.331 e. The number of ether oxygens (including phenoxy) is 1. The summed E-state index contributed by atoms with van der Waals surface area (Å²) >= 11 is 0. The van der Waals surface area contributed by atoms with Crippen LogP contribution in [0.15, 0.2) is 54.6 Å². The number of carbonyl (C=O) groups is 2. The van der Waals surface area contributed by atoms with Gasteiger partial charge in [0.1, 0.15) is 5.82 Å². The molecule has 2 rings (SSSR count). The van der Waals surface area contributed by atoms with Gasteiger partial charge in [0.25, 0.3) is 5.91 Å². The molecule has 0 saturated carbocycles. The van der Waals surface area contributed by atoms with Crippen molar-refractivity contribution in [3.63, 3.8) is 0 Å². The second-order valence-corrected chi connectivity index (χ2v) is 7.09. The van der Waals surface area contributed by atoms with Crippen LogP contribution >= 0.6 is 0 Å². The van der Waals surface area contributed by atoms with Crippen LogP contribution in [0.4, 0.5) is 4.39 Å². The molecule has 0 spiro atoms. The van der Waals surface area contributed by atoms with Gasteiger partial charge in [0.15, 0.2) is 6.61 Å². The number of carbonyl (C=O) groups excluding carboxylic acids is 2. The summed E-state index contributed by atoms with van der Waals surface area (Å²) in [4.78, 5) is 23.7. The van der Waals surface area contributed by atoms with Gasteiger partial charge in [0.05, 0.1) is 6.04 Å². The normalized spacial score (nSPS) is 12.2. The predicted octanol–water partition coefficient (Wildman–Crippen LogP) is 4.46. The van der Waals surface area contributed by atoms with Crippen LogP contribution in [0.5, 0.6) is 0 Å². The topological polar surface area (TPSA) is 55.4 Å². The minimum absolute atomic E-state index is 0.201.